The van der Waals surface area contributed by atoms with Crippen molar-refractivity contribution in [2.45, 2.75) is 4.90 Å². The summed E-state index contributed by atoms with van der Waals surface area (Å²) in [5, 5.41) is 0. The molecule has 2 aromatic rings. The van der Waals surface area contributed by atoms with Crippen LogP contribution in [-0.2, 0) is 19.6 Å². The van der Waals surface area contributed by atoms with Crippen LogP contribution in [0, 0.1) is 11.6 Å². The lowest BCUT2D eigenvalue weighted by molar-refractivity contribution is -0.125. The molecule has 1 aliphatic heterocycles. The van der Waals surface area contributed by atoms with E-state index in [1.807, 2.05) is 4.72 Å². The molecule has 3 rings (SSSR count). The molecule has 0 bridgehead atoms. The molecule has 25 heavy (non-hydrogen) atoms. The largest absolute Gasteiger partial charge is 0.370 e. The number of carbonyl (C=O) groups is 1. The van der Waals surface area contributed by atoms with Crippen molar-refractivity contribution in [3.05, 3.63) is 54.1 Å². The lowest BCUT2D eigenvalue weighted by Crippen LogP contribution is -2.41. The van der Waals surface area contributed by atoms with E-state index in [1.165, 1.54) is 29.2 Å². The van der Waals surface area contributed by atoms with Crippen LogP contribution in [0.4, 0.5) is 20.2 Å². The van der Waals surface area contributed by atoms with E-state index in [9.17, 15) is 22.0 Å². The second-order valence-electron chi connectivity index (χ2n) is 5.29. The summed E-state index contributed by atoms with van der Waals surface area (Å²) in [6, 6.07) is 8.47. The zero-order valence-corrected chi connectivity index (χ0v) is 13.7. The topological polar surface area (TPSA) is 75.7 Å². The first-order valence-electron chi connectivity index (χ1n) is 7.33. The van der Waals surface area contributed by atoms with Crippen LogP contribution in [0.15, 0.2) is 47.4 Å². The Labute approximate surface area is 143 Å². The van der Waals surface area contributed by atoms with E-state index < -0.39 is 27.3 Å². The minimum Gasteiger partial charge on any atom is -0.370 e. The summed E-state index contributed by atoms with van der Waals surface area (Å²) >= 11 is 0. The second-order valence-corrected chi connectivity index (χ2v) is 6.98. The predicted molar refractivity (Wildman–Crippen MR) is 86.8 cm³/mol. The van der Waals surface area contributed by atoms with Crippen LogP contribution in [-0.4, -0.2) is 34.1 Å². The Kier molecular flexibility index (Phi) is 4.69. The number of rotatable bonds is 4. The lowest BCUT2D eigenvalue weighted by atomic mass is 10.2. The van der Waals surface area contributed by atoms with Crippen LogP contribution in [0.1, 0.15) is 0 Å². The minimum atomic E-state index is -4.18. The third-order valence-corrected chi connectivity index (χ3v) is 5.01. The molecule has 1 aliphatic rings. The molecular weight excluding hydrogens is 354 g/mol. The third-order valence-electron chi connectivity index (χ3n) is 3.64. The van der Waals surface area contributed by atoms with Gasteiger partial charge in [-0.25, -0.2) is 17.2 Å². The Morgan fingerprint density at radius 2 is 1.68 bits per heavy atom. The van der Waals surface area contributed by atoms with Crippen LogP contribution < -0.4 is 9.62 Å². The summed E-state index contributed by atoms with van der Waals surface area (Å²) in [7, 11) is -4.18. The fourth-order valence-electron chi connectivity index (χ4n) is 2.38. The molecule has 0 aromatic heterocycles. The van der Waals surface area contributed by atoms with Gasteiger partial charge in [-0.2, -0.15) is 0 Å². The number of ether oxygens (including phenoxy) is 1. The predicted octanol–water partition coefficient (Wildman–Crippen LogP) is 2.13. The average Bonchev–Trinajstić information content (AvgIpc) is 2.59. The van der Waals surface area contributed by atoms with Gasteiger partial charge in [0, 0.05) is 12.2 Å². The molecule has 1 saturated heterocycles. The van der Waals surface area contributed by atoms with E-state index in [4.69, 9.17) is 4.74 Å². The first-order valence-corrected chi connectivity index (χ1v) is 8.82. The van der Waals surface area contributed by atoms with Crippen molar-refractivity contribution >= 4 is 27.3 Å². The molecule has 0 atom stereocenters. The summed E-state index contributed by atoms with van der Waals surface area (Å²) in [5.74, 6) is -2.26. The number of morpholine rings is 1. The Morgan fingerprint density at radius 1 is 1.04 bits per heavy atom. The highest BCUT2D eigenvalue weighted by Crippen LogP contribution is 2.24. The fraction of sp³-hybridized carbons (Fsp3) is 0.188. The SMILES string of the molecule is O=C1COCCN1c1ccc(S(=O)(=O)Nc2c(F)cccc2F)cc1. The molecule has 132 valence electrons. The summed E-state index contributed by atoms with van der Waals surface area (Å²) in [4.78, 5) is 13.1. The number of carbonyl (C=O) groups excluding carboxylic acids is 1. The molecule has 1 heterocycles. The molecule has 0 unspecified atom stereocenters. The quantitative estimate of drug-likeness (QED) is 0.897. The van der Waals surface area contributed by atoms with E-state index in [-0.39, 0.29) is 17.4 Å². The number of nitrogens with zero attached hydrogens (tertiary/aromatic N) is 1. The fourth-order valence-corrected chi connectivity index (χ4v) is 3.46. The van der Waals surface area contributed by atoms with Crippen molar-refractivity contribution in [3.63, 3.8) is 0 Å². The van der Waals surface area contributed by atoms with Crippen molar-refractivity contribution in [2.75, 3.05) is 29.4 Å². The van der Waals surface area contributed by atoms with Crippen molar-refractivity contribution < 1.29 is 26.7 Å². The molecule has 1 N–H and O–H groups in total. The number of anilines is 2. The highest BCUT2D eigenvalue weighted by molar-refractivity contribution is 7.92. The normalized spacial score (nSPS) is 15.3. The number of sulfonamides is 1. The van der Waals surface area contributed by atoms with Gasteiger partial charge in [-0.05, 0) is 36.4 Å². The van der Waals surface area contributed by atoms with Gasteiger partial charge >= 0.3 is 0 Å². The molecular formula is C16H14F2N2O4S. The van der Waals surface area contributed by atoms with Gasteiger partial charge in [0.2, 0.25) is 0 Å². The van der Waals surface area contributed by atoms with Gasteiger partial charge in [0.1, 0.15) is 23.9 Å². The van der Waals surface area contributed by atoms with Crippen LogP contribution in [0.25, 0.3) is 0 Å². The number of nitrogens with one attached hydrogen (secondary N) is 1. The molecule has 1 fully saturated rings. The number of halogens is 2. The van der Waals surface area contributed by atoms with Crippen LogP contribution in [0.2, 0.25) is 0 Å². The maximum absolute atomic E-state index is 13.6. The summed E-state index contributed by atoms with van der Waals surface area (Å²) in [6.45, 7) is 0.720. The van der Waals surface area contributed by atoms with Gasteiger partial charge in [-0.1, -0.05) is 6.07 Å². The minimum absolute atomic E-state index is 0.0336. The Hall–Kier alpha value is -2.52. The highest BCUT2D eigenvalue weighted by atomic mass is 32.2. The number of para-hydroxylation sites is 1. The standard InChI is InChI=1S/C16H14F2N2O4S/c17-13-2-1-3-14(18)16(13)19-25(22,23)12-6-4-11(5-7-12)20-8-9-24-10-15(20)21/h1-7,19H,8-10H2. The maximum atomic E-state index is 13.6. The second kappa shape index (κ2) is 6.77. The average molecular weight is 368 g/mol. The summed E-state index contributed by atoms with van der Waals surface area (Å²) in [6.07, 6.45) is 0. The Bertz CT molecular complexity index is 881. The van der Waals surface area contributed by atoms with E-state index in [2.05, 4.69) is 0 Å². The van der Waals surface area contributed by atoms with Gasteiger partial charge in [-0.15, -0.1) is 0 Å². The zero-order valence-electron chi connectivity index (χ0n) is 12.9. The van der Waals surface area contributed by atoms with E-state index in [0.717, 1.165) is 18.2 Å². The van der Waals surface area contributed by atoms with E-state index in [0.29, 0.717) is 18.8 Å². The Morgan fingerprint density at radius 3 is 2.28 bits per heavy atom. The van der Waals surface area contributed by atoms with E-state index >= 15 is 0 Å². The number of hydrogen-bond donors (Lipinski definition) is 1. The molecule has 1 amide bonds. The third kappa shape index (κ3) is 3.62. The van der Waals surface area contributed by atoms with Gasteiger partial charge in [0.25, 0.3) is 15.9 Å². The van der Waals surface area contributed by atoms with Gasteiger partial charge in [0.05, 0.1) is 11.5 Å². The zero-order chi connectivity index (χ0) is 18.0. The maximum Gasteiger partial charge on any atom is 0.262 e. The van der Waals surface area contributed by atoms with E-state index in [1.54, 1.807) is 0 Å². The number of benzene rings is 2. The molecule has 9 heteroatoms. The monoisotopic (exact) mass is 368 g/mol. The van der Waals surface area contributed by atoms with Gasteiger partial charge < -0.3 is 9.64 Å². The lowest BCUT2D eigenvalue weighted by Gasteiger charge is -2.26. The van der Waals surface area contributed by atoms with Crippen molar-refractivity contribution in [3.8, 4) is 0 Å². The number of hydrogen-bond acceptors (Lipinski definition) is 4. The van der Waals surface area contributed by atoms with Crippen LogP contribution in [0.3, 0.4) is 0 Å². The molecule has 0 spiro atoms. The summed E-state index contributed by atoms with van der Waals surface area (Å²) < 4.78 is 58.8. The van der Waals surface area contributed by atoms with Crippen LogP contribution in [0.5, 0.6) is 0 Å². The molecule has 0 saturated carbocycles. The number of amides is 1. The molecule has 0 aliphatic carbocycles. The first-order chi connectivity index (χ1) is 11.9. The van der Waals surface area contributed by atoms with Gasteiger partial charge in [0.15, 0.2) is 0 Å². The molecule has 0 radical (unpaired) electrons. The molecule has 6 nitrogen and oxygen atoms in total. The summed E-state index contributed by atoms with van der Waals surface area (Å²) in [5.41, 5.74) is -0.223. The first kappa shape index (κ1) is 17.3. The Balaban J connectivity index is 1.84. The molecule has 2 aromatic carbocycles. The van der Waals surface area contributed by atoms with Crippen molar-refractivity contribution in [2.24, 2.45) is 0 Å². The van der Waals surface area contributed by atoms with Crippen molar-refractivity contribution in [1.29, 1.82) is 0 Å². The highest BCUT2D eigenvalue weighted by Gasteiger charge is 2.22. The van der Waals surface area contributed by atoms with Crippen molar-refractivity contribution in [1.82, 2.24) is 0 Å². The smallest absolute Gasteiger partial charge is 0.262 e. The van der Waals surface area contributed by atoms with Crippen LogP contribution >= 0.6 is 0 Å². The van der Waals surface area contributed by atoms with Gasteiger partial charge in [-0.3, -0.25) is 9.52 Å².